The second kappa shape index (κ2) is 6.57. The normalized spacial score (nSPS) is 10.8. The summed E-state index contributed by atoms with van der Waals surface area (Å²) in [5, 5.41) is 16.0. The minimum Gasteiger partial charge on any atom is -0.320 e. The quantitative estimate of drug-likeness (QED) is 0.597. The van der Waals surface area contributed by atoms with Gasteiger partial charge in [0.25, 0.3) is 5.91 Å². The number of amides is 1. The Morgan fingerprint density at radius 1 is 1.08 bits per heavy atom. The van der Waals surface area contributed by atoms with Crippen LogP contribution in [-0.4, -0.2) is 25.7 Å². The summed E-state index contributed by atoms with van der Waals surface area (Å²) >= 11 is 5.95. The van der Waals surface area contributed by atoms with Crippen molar-refractivity contribution >= 4 is 28.8 Å². The van der Waals surface area contributed by atoms with Crippen molar-refractivity contribution in [2.45, 2.75) is 6.92 Å². The van der Waals surface area contributed by atoms with Crippen LogP contribution in [0.2, 0.25) is 5.02 Å². The predicted octanol–water partition coefficient (Wildman–Crippen LogP) is 4.01. The van der Waals surface area contributed by atoms with E-state index in [0.717, 1.165) is 11.1 Å². The summed E-state index contributed by atoms with van der Waals surface area (Å²) in [5.74, 6) is -0.365. The van der Waals surface area contributed by atoms with Gasteiger partial charge >= 0.3 is 0 Å². The maximum Gasteiger partial charge on any atom is 0.278 e. The van der Waals surface area contributed by atoms with Gasteiger partial charge in [0, 0.05) is 16.3 Å². The molecule has 0 spiro atoms. The zero-order valence-corrected chi connectivity index (χ0v) is 14.6. The molecule has 0 aliphatic heterocycles. The zero-order valence-electron chi connectivity index (χ0n) is 13.8. The van der Waals surface area contributed by atoms with Crippen LogP contribution >= 0.6 is 11.6 Å². The number of halogens is 1. The maximum atomic E-state index is 12.6. The second-order valence-electron chi connectivity index (χ2n) is 5.76. The minimum atomic E-state index is -0.365. The van der Waals surface area contributed by atoms with Crippen molar-refractivity contribution in [1.82, 2.24) is 19.8 Å². The molecule has 0 fully saturated rings. The number of aromatic nitrogens is 4. The fourth-order valence-electron chi connectivity index (χ4n) is 2.74. The Kier molecular flexibility index (Phi) is 4.10. The number of hydrogen-bond acceptors (Lipinski definition) is 4. The van der Waals surface area contributed by atoms with Gasteiger partial charge < -0.3 is 5.32 Å². The van der Waals surface area contributed by atoms with Crippen molar-refractivity contribution in [3.8, 4) is 11.1 Å². The molecule has 4 rings (SSSR count). The number of benzene rings is 2. The number of carbonyl (C=O) groups is 1. The molecule has 4 aromatic rings. The van der Waals surface area contributed by atoms with E-state index < -0.39 is 0 Å². The number of nitrogens with zero attached hydrogens (tertiary/aromatic N) is 4. The number of rotatable bonds is 3. The van der Waals surface area contributed by atoms with E-state index in [1.54, 1.807) is 41.9 Å². The summed E-state index contributed by atoms with van der Waals surface area (Å²) in [6, 6.07) is 16.7. The highest BCUT2D eigenvalue weighted by atomic mass is 35.5. The summed E-state index contributed by atoms with van der Waals surface area (Å²) in [7, 11) is 0. The molecule has 2 aromatic carbocycles. The molecule has 0 bridgehead atoms. The number of aryl methyl sites for hydroxylation is 1. The van der Waals surface area contributed by atoms with Crippen LogP contribution < -0.4 is 5.32 Å². The van der Waals surface area contributed by atoms with E-state index in [0.29, 0.717) is 22.1 Å². The third-order valence-electron chi connectivity index (χ3n) is 4.03. The van der Waals surface area contributed by atoms with Crippen LogP contribution in [0.3, 0.4) is 0 Å². The zero-order chi connectivity index (χ0) is 18.1. The molecule has 0 atom stereocenters. The average Bonchev–Trinajstić information content (AvgIpc) is 3.07. The van der Waals surface area contributed by atoms with Crippen LogP contribution in [0.15, 0.2) is 60.8 Å². The van der Waals surface area contributed by atoms with Gasteiger partial charge in [-0.1, -0.05) is 48.0 Å². The largest absolute Gasteiger partial charge is 0.320 e. The van der Waals surface area contributed by atoms with Crippen molar-refractivity contribution in [2.24, 2.45) is 0 Å². The summed E-state index contributed by atoms with van der Waals surface area (Å²) in [6.45, 7) is 1.79. The lowest BCUT2D eigenvalue weighted by atomic mass is 10.1. The van der Waals surface area contributed by atoms with Crippen LogP contribution in [0.5, 0.6) is 0 Å². The first-order chi connectivity index (χ1) is 12.6. The van der Waals surface area contributed by atoms with Gasteiger partial charge in [-0.3, -0.25) is 4.79 Å². The summed E-state index contributed by atoms with van der Waals surface area (Å²) < 4.78 is 1.63. The Labute approximate surface area is 154 Å². The monoisotopic (exact) mass is 363 g/mol. The number of hydrogen-bond donors (Lipinski definition) is 1. The lowest BCUT2D eigenvalue weighted by Gasteiger charge is -2.08. The Hall–Kier alpha value is -3.25. The van der Waals surface area contributed by atoms with E-state index in [9.17, 15) is 4.79 Å². The molecule has 0 aliphatic carbocycles. The van der Waals surface area contributed by atoms with Crippen molar-refractivity contribution in [3.63, 3.8) is 0 Å². The molecule has 1 N–H and O–H groups in total. The van der Waals surface area contributed by atoms with E-state index in [2.05, 4.69) is 20.6 Å². The first-order valence-electron chi connectivity index (χ1n) is 7.97. The molecule has 7 heteroatoms. The predicted molar refractivity (Wildman–Crippen MR) is 100 cm³/mol. The Morgan fingerprint density at radius 2 is 1.88 bits per heavy atom. The standard InChI is InChI=1S/C19H14ClN5O/c1-12-17(19(26)22-15-9-5-8-14(20)10-15)23-24-18-16(11-21-25(12)18)13-6-3-2-4-7-13/h2-11H,1H3,(H,22,26). The molecule has 0 saturated carbocycles. The van der Waals surface area contributed by atoms with E-state index in [4.69, 9.17) is 11.6 Å². The van der Waals surface area contributed by atoms with E-state index >= 15 is 0 Å². The molecule has 2 heterocycles. The van der Waals surface area contributed by atoms with Crippen molar-refractivity contribution in [2.75, 3.05) is 5.32 Å². The van der Waals surface area contributed by atoms with Gasteiger partial charge in [0.2, 0.25) is 0 Å². The van der Waals surface area contributed by atoms with Crippen LogP contribution in [0.25, 0.3) is 16.8 Å². The fourth-order valence-corrected chi connectivity index (χ4v) is 2.93. The SMILES string of the molecule is Cc1c(C(=O)Nc2cccc(Cl)c2)nnc2c(-c3ccccc3)cnn12. The lowest BCUT2D eigenvalue weighted by Crippen LogP contribution is -2.18. The molecule has 0 unspecified atom stereocenters. The van der Waals surface area contributed by atoms with Crippen molar-refractivity contribution in [1.29, 1.82) is 0 Å². The number of anilines is 1. The third-order valence-corrected chi connectivity index (χ3v) is 4.27. The molecule has 1 amide bonds. The topological polar surface area (TPSA) is 72.2 Å². The Balaban J connectivity index is 1.71. The van der Waals surface area contributed by atoms with Gasteiger partial charge in [0.15, 0.2) is 11.3 Å². The first kappa shape index (κ1) is 16.2. The lowest BCUT2D eigenvalue weighted by molar-refractivity contribution is 0.102. The van der Waals surface area contributed by atoms with Crippen molar-refractivity contribution < 1.29 is 4.79 Å². The smallest absolute Gasteiger partial charge is 0.278 e. The van der Waals surface area contributed by atoms with Crippen LogP contribution in [0.1, 0.15) is 16.2 Å². The number of carbonyl (C=O) groups excluding carboxylic acids is 1. The molecule has 2 aromatic heterocycles. The third kappa shape index (κ3) is 2.91. The summed E-state index contributed by atoms with van der Waals surface area (Å²) in [5.41, 5.74) is 3.87. The van der Waals surface area contributed by atoms with Gasteiger partial charge in [0.05, 0.1) is 11.9 Å². The minimum absolute atomic E-state index is 0.209. The molecule has 26 heavy (non-hydrogen) atoms. The number of nitrogens with one attached hydrogen (secondary N) is 1. The highest BCUT2D eigenvalue weighted by Crippen LogP contribution is 2.24. The van der Waals surface area contributed by atoms with Crippen LogP contribution in [-0.2, 0) is 0 Å². The van der Waals surface area contributed by atoms with E-state index in [1.807, 2.05) is 30.3 Å². The highest BCUT2D eigenvalue weighted by molar-refractivity contribution is 6.30. The van der Waals surface area contributed by atoms with Gasteiger partial charge in [-0.15, -0.1) is 10.2 Å². The molecular weight excluding hydrogens is 350 g/mol. The van der Waals surface area contributed by atoms with Gasteiger partial charge in [-0.05, 0) is 30.7 Å². The second-order valence-corrected chi connectivity index (χ2v) is 6.19. The summed E-state index contributed by atoms with van der Waals surface area (Å²) in [4.78, 5) is 12.6. The average molecular weight is 364 g/mol. The molecule has 0 radical (unpaired) electrons. The molecule has 0 saturated heterocycles. The van der Waals surface area contributed by atoms with Gasteiger partial charge in [-0.25, -0.2) is 4.52 Å². The van der Waals surface area contributed by atoms with Gasteiger partial charge in [0.1, 0.15) is 0 Å². The number of fused-ring (bicyclic) bond motifs is 1. The summed E-state index contributed by atoms with van der Waals surface area (Å²) in [6.07, 6.45) is 1.73. The maximum absolute atomic E-state index is 12.6. The molecule has 0 aliphatic rings. The Morgan fingerprint density at radius 3 is 2.65 bits per heavy atom. The van der Waals surface area contributed by atoms with Gasteiger partial charge in [-0.2, -0.15) is 5.10 Å². The van der Waals surface area contributed by atoms with E-state index in [-0.39, 0.29) is 11.6 Å². The highest BCUT2D eigenvalue weighted by Gasteiger charge is 2.18. The Bertz CT molecular complexity index is 1110. The molecular formula is C19H14ClN5O. The van der Waals surface area contributed by atoms with Crippen molar-refractivity contribution in [3.05, 3.63) is 77.2 Å². The molecule has 6 nitrogen and oxygen atoms in total. The van der Waals surface area contributed by atoms with E-state index in [1.165, 1.54) is 0 Å². The molecule has 128 valence electrons. The van der Waals surface area contributed by atoms with Crippen LogP contribution in [0.4, 0.5) is 5.69 Å². The van der Waals surface area contributed by atoms with Crippen LogP contribution in [0, 0.1) is 6.92 Å². The fraction of sp³-hybridized carbons (Fsp3) is 0.0526. The first-order valence-corrected chi connectivity index (χ1v) is 8.34.